The molecule has 3 rings (SSSR count). The summed E-state index contributed by atoms with van der Waals surface area (Å²) in [6.45, 7) is 7.45. The van der Waals surface area contributed by atoms with Gasteiger partial charge in [0.1, 0.15) is 0 Å². The van der Waals surface area contributed by atoms with E-state index in [9.17, 15) is 14.4 Å². The third-order valence-corrected chi connectivity index (χ3v) is 4.94. The summed E-state index contributed by atoms with van der Waals surface area (Å²) in [5.74, 6) is -0.883. The standard InChI is InChI=1S/C25H26N4O4/c1-5-33-25(32)20-8-12-23(13-9-20)29-16(2)14-21(17(29)3)15-26-28-24(31)19-6-10-22(11-7-19)27-18(4)30/h6-15H,5H2,1-4H3,(H,27,30)(H,28,31). The minimum Gasteiger partial charge on any atom is -0.462 e. The Labute approximate surface area is 192 Å². The number of carbonyl (C=O) groups is 3. The lowest BCUT2D eigenvalue weighted by atomic mass is 10.2. The number of esters is 1. The van der Waals surface area contributed by atoms with Gasteiger partial charge in [0, 0.05) is 40.8 Å². The summed E-state index contributed by atoms with van der Waals surface area (Å²) in [7, 11) is 0. The Morgan fingerprint density at radius 1 is 1.00 bits per heavy atom. The average molecular weight is 447 g/mol. The summed E-state index contributed by atoms with van der Waals surface area (Å²) in [5.41, 5.74) is 7.73. The van der Waals surface area contributed by atoms with E-state index >= 15 is 0 Å². The van der Waals surface area contributed by atoms with Gasteiger partial charge in [-0.05, 0) is 75.4 Å². The number of amides is 2. The highest BCUT2D eigenvalue weighted by molar-refractivity contribution is 5.96. The van der Waals surface area contributed by atoms with Crippen LogP contribution in [-0.4, -0.2) is 35.2 Å². The number of hydrogen-bond acceptors (Lipinski definition) is 5. The van der Waals surface area contributed by atoms with Crippen LogP contribution in [0.15, 0.2) is 59.7 Å². The van der Waals surface area contributed by atoms with Gasteiger partial charge in [-0.15, -0.1) is 0 Å². The molecule has 3 aromatic rings. The van der Waals surface area contributed by atoms with E-state index in [1.807, 2.05) is 36.6 Å². The SMILES string of the molecule is CCOC(=O)c1ccc(-n2c(C)cc(C=NNC(=O)c3ccc(NC(C)=O)cc3)c2C)cc1. The Morgan fingerprint density at radius 3 is 2.24 bits per heavy atom. The molecule has 1 aromatic heterocycles. The number of benzene rings is 2. The van der Waals surface area contributed by atoms with Crippen LogP contribution >= 0.6 is 0 Å². The average Bonchev–Trinajstić information content (AvgIpc) is 3.07. The van der Waals surface area contributed by atoms with Gasteiger partial charge in [-0.2, -0.15) is 5.10 Å². The summed E-state index contributed by atoms with van der Waals surface area (Å²) in [6.07, 6.45) is 1.59. The van der Waals surface area contributed by atoms with Gasteiger partial charge in [0.15, 0.2) is 0 Å². The van der Waals surface area contributed by atoms with Crippen molar-refractivity contribution in [2.75, 3.05) is 11.9 Å². The Kier molecular flexibility index (Phi) is 7.40. The molecular weight excluding hydrogens is 420 g/mol. The zero-order valence-electron chi connectivity index (χ0n) is 19.0. The third-order valence-electron chi connectivity index (χ3n) is 4.94. The number of aryl methyl sites for hydroxylation is 1. The van der Waals surface area contributed by atoms with Gasteiger partial charge < -0.3 is 14.6 Å². The fourth-order valence-electron chi connectivity index (χ4n) is 3.41. The molecule has 0 atom stereocenters. The van der Waals surface area contributed by atoms with Crippen molar-refractivity contribution < 1.29 is 19.1 Å². The predicted molar refractivity (Wildman–Crippen MR) is 127 cm³/mol. The maximum atomic E-state index is 12.3. The first-order chi connectivity index (χ1) is 15.8. The molecule has 170 valence electrons. The number of carbonyl (C=O) groups excluding carboxylic acids is 3. The van der Waals surface area contributed by atoms with Crippen LogP contribution in [0.4, 0.5) is 5.69 Å². The highest BCUT2D eigenvalue weighted by Crippen LogP contribution is 2.20. The van der Waals surface area contributed by atoms with Gasteiger partial charge in [0.2, 0.25) is 5.91 Å². The number of rotatable bonds is 7. The fraction of sp³-hybridized carbons (Fsp3) is 0.200. The zero-order valence-corrected chi connectivity index (χ0v) is 19.0. The third kappa shape index (κ3) is 5.74. The van der Waals surface area contributed by atoms with Crippen LogP contribution in [0.25, 0.3) is 5.69 Å². The molecule has 0 bridgehead atoms. The molecular formula is C25H26N4O4. The van der Waals surface area contributed by atoms with E-state index in [1.165, 1.54) is 6.92 Å². The van der Waals surface area contributed by atoms with Crippen LogP contribution in [-0.2, 0) is 9.53 Å². The lowest BCUT2D eigenvalue weighted by Crippen LogP contribution is -2.17. The number of hydrazone groups is 1. The van der Waals surface area contributed by atoms with Gasteiger partial charge in [-0.1, -0.05) is 0 Å². The highest BCUT2D eigenvalue weighted by Gasteiger charge is 2.12. The minimum absolute atomic E-state index is 0.177. The second kappa shape index (κ2) is 10.4. The van der Waals surface area contributed by atoms with Gasteiger partial charge in [0.05, 0.1) is 18.4 Å². The van der Waals surface area contributed by atoms with E-state index in [4.69, 9.17) is 4.74 Å². The first-order valence-corrected chi connectivity index (χ1v) is 10.5. The van der Waals surface area contributed by atoms with Crippen LogP contribution in [0.1, 0.15) is 51.5 Å². The van der Waals surface area contributed by atoms with Crippen LogP contribution in [0.5, 0.6) is 0 Å². The van der Waals surface area contributed by atoms with E-state index < -0.39 is 0 Å². The highest BCUT2D eigenvalue weighted by atomic mass is 16.5. The summed E-state index contributed by atoms with van der Waals surface area (Å²) < 4.78 is 7.07. The molecule has 1 heterocycles. The molecule has 0 fully saturated rings. The minimum atomic E-state index is -0.357. The molecule has 0 saturated carbocycles. The number of aromatic nitrogens is 1. The molecule has 33 heavy (non-hydrogen) atoms. The molecule has 2 amide bonds. The predicted octanol–water partition coefficient (Wildman–Crippen LogP) is 3.99. The Hall–Kier alpha value is -4.20. The van der Waals surface area contributed by atoms with E-state index in [0.717, 1.165) is 22.6 Å². The fourth-order valence-corrected chi connectivity index (χ4v) is 3.41. The van der Waals surface area contributed by atoms with Gasteiger partial charge in [-0.25, -0.2) is 10.2 Å². The Bertz CT molecular complexity index is 1190. The topological polar surface area (TPSA) is 102 Å². The summed E-state index contributed by atoms with van der Waals surface area (Å²) in [5, 5.41) is 6.74. The van der Waals surface area contributed by atoms with Crippen molar-refractivity contribution in [1.82, 2.24) is 9.99 Å². The summed E-state index contributed by atoms with van der Waals surface area (Å²) in [4.78, 5) is 35.3. The number of hydrogen-bond donors (Lipinski definition) is 2. The molecule has 0 aliphatic rings. The van der Waals surface area contributed by atoms with Gasteiger partial charge >= 0.3 is 5.97 Å². The van der Waals surface area contributed by atoms with Crippen molar-refractivity contribution in [3.63, 3.8) is 0 Å². The lowest BCUT2D eigenvalue weighted by Gasteiger charge is -2.10. The molecule has 0 saturated heterocycles. The zero-order chi connectivity index (χ0) is 24.0. The van der Waals surface area contributed by atoms with Crippen molar-refractivity contribution in [3.8, 4) is 5.69 Å². The Morgan fingerprint density at radius 2 is 1.64 bits per heavy atom. The van der Waals surface area contributed by atoms with E-state index in [1.54, 1.807) is 49.5 Å². The van der Waals surface area contributed by atoms with Crippen LogP contribution in [0, 0.1) is 13.8 Å². The molecule has 0 spiro atoms. The number of nitrogens with one attached hydrogen (secondary N) is 2. The monoisotopic (exact) mass is 446 g/mol. The first-order valence-electron chi connectivity index (χ1n) is 10.5. The molecule has 0 aliphatic carbocycles. The maximum Gasteiger partial charge on any atom is 0.338 e. The van der Waals surface area contributed by atoms with E-state index in [0.29, 0.717) is 23.4 Å². The van der Waals surface area contributed by atoms with Crippen LogP contribution in [0.2, 0.25) is 0 Å². The Balaban J connectivity index is 1.70. The summed E-state index contributed by atoms with van der Waals surface area (Å²) >= 11 is 0. The molecule has 2 aromatic carbocycles. The van der Waals surface area contributed by atoms with Crippen molar-refractivity contribution in [3.05, 3.63) is 82.7 Å². The molecule has 0 radical (unpaired) electrons. The van der Waals surface area contributed by atoms with Gasteiger partial charge in [0.25, 0.3) is 5.91 Å². The van der Waals surface area contributed by atoms with Crippen molar-refractivity contribution in [1.29, 1.82) is 0 Å². The van der Waals surface area contributed by atoms with Crippen molar-refractivity contribution in [2.24, 2.45) is 5.10 Å². The molecule has 8 nitrogen and oxygen atoms in total. The van der Waals surface area contributed by atoms with Crippen molar-refractivity contribution in [2.45, 2.75) is 27.7 Å². The normalized spacial score (nSPS) is 10.8. The number of ether oxygens (including phenoxy) is 1. The largest absolute Gasteiger partial charge is 0.462 e. The number of anilines is 1. The van der Waals surface area contributed by atoms with Crippen LogP contribution in [0.3, 0.4) is 0 Å². The summed E-state index contributed by atoms with van der Waals surface area (Å²) in [6, 6.07) is 15.7. The van der Waals surface area contributed by atoms with E-state index in [-0.39, 0.29) is 17.8 Å². The van der Waals surface area contributed by atoms with Crippen molar-refractivity contribution >= 4 is 29.7 Å². The second-order valence-corrected chi connectivity index (χ2v) is 7.39. The second-order valence-electron chi connectivity index (χ2n) is 7.39. The number of nitrogens with zero attached hydrogens (tertiary/aromatic N) is 2. The quantitative estimate of drug-likeness (QED) is 0.325. The molecule has 0 unspecified atom stereocenters. The molecule has 0 aliphatic heterocycles. The molecule has 2 N–H and O–H groups in total. The van der Waals surface area contributed by atoms with Gasteiger partial charge in [-0.3, -0.25) is 9.59 Å². The smallest absolute Gasteiger partial charge is 0.338 e. The van der Waals surface area contributed by atoms with E-state index in [2.05, 4.69) is 15.8 Å². The molecule has 8 heteroatoms. The first kappa shape index (κ1) is 23.5. The van der Waals surface area contributed by atoms with Crippen LogP contribution < -0.4 is 10.7 Å². The maximum absolute atomic E-state index is 12.3. The lowest BCUT2D eigenvalue weighted by molar-refractivity contribution is -0.114.